The maximum Gasteiger partial charge on any atom is 0.285 e. The third kappa shape index (κ3) is 4.40. The molecule has 0 saturated heterocycles. The summed E-state index contributed by atoms with van der Waals surface area (Å²) >= 11 is 6.28. The molecule has 0 unspecified atom stereocenters. The lowest BCUT2D eigenvalue weighted by Crippen LogP contribution is -2.35. The van der Waals surface area contributed by atoms with Crippen molar-refractivity contribution in [2.45, 2.75) is 11.8 Å². The van der Waals surface area contributed by atoms with Crippen LogP contribution in [-0.2, 0) is 21.9 Å². The molecule has 1 aromatic heterocycles. The predicted molar refractivity (Wildman–Crippen MR) is 131 cm³/mol. The van der Waals surface area contributed by atoms with Crippen LogP contribution in [0.5, 0.6) is 5.88 Å². The molecular weight excluding hydrogens is 476 g/mol. The number of anilines is 1. The smallest absolute Gasteiger partial charge is 0.285 e. The maximum absolute atomic E-state index is 13.4. The quantitative estimate of drug-likeness (QED) is 0.363. The molecule has 0 aliphatic carbocycles. The van der Waals surface area contributed by atoms with Crippen molar-refractivity contribution in [2.24, 2.45) is 17.3 Å². The molecular formula is C24H21ClN4O4S. The maximum atomic E-state index is 13.4. The van der Waals surface area contributed by atoms with E-state index in [2.05, 4.69) is 10.2 Å². The number of aromatic hydroxyl groups is 1. The summed E-state index contributed by atoms with van der Waals surface area (Å²) in [5, 5.41) is 18.8. The van der Waals surface area contributed by atoms with Crippen LogP contribution in [0, 0.1) is 6.92 Å². The minimum atomic E-state index is -4.14. The molecule has 3 aromatic carbocycles. The van der Waals surface area contributed by atoms with E-state index in [1.54, 1.807) is 49.5 Å². The molecule has 8 nitrogen and oxygen atoms in total. The highest BCUT2D eigenvalue weighted by Gasteiger charge is 2.28. The van der Waals surface area contributed by atoms with Crippen LogP contribution in [0.15, 0.2) is 87.9 Å². The van der Waals surface area contributed by atoms with Crippen LogP contribution in [0.3, 0.4) is 0 Å². The monoisotopic (exact) mass is 496 g/mol. The molecule has 1 heterocycles. The fourth-order valence-electron chi connectivity index (χ4n) is 3.51. The summed E-state index contributed by atoms with van der Waals surface area (Å²) in [6.07, 6.45) is 0. The summed E-state index contributed by atoms with van der Waals surface area (Å²) in [6, 6.07) is 19.7. The lowest BCUT2D eigenvalue weighted by atomic mass is 10.2. The topological polar surface area (TPSA) is 104 Å². The molecule has 1 N–H and O–H groups in total. The number of sulfonamides is 1. The van der Waals surface area contributed by atoms with E-state index in [1.165, 1.54) is 28.8 Å². The van der Waals surface area contributed by atoms with Gasteiger partial charge in [0.25, 0.3) is 15.9 Å². The zero-order valence-corrected chi connectivity index (χ0v) is 20.0. The fraction of sp³-hybridized carbons (Fsp3) is 0.125. The SMILES string of the molecule is Cc1ccc(S(=O)(=O)N(CC(=O)N=Nc2c(O)n(C)c3ccccc23)c2ccccc2Cl)cc1. The van der Waals surface area contributed by atoms with Gasteiger partial charge < -0.3 is 9.67 Å². The van der Waals surface area contributed by atoms with Gasteiger partial charge in [-0.1, -0.05) is 59.6 Å². The first-order valence-electron chi connectivity index (χ1n) is 10.2. The third-order valence-corrected chi connectivity index (χ3v) is 7.41. The first-order chi connectivity index (χ1) is 16.2. The van der Waals surface area contributed by atoms with Crippen LogP contribution in [0.25, 0.3) is 10.9 Å². The number of nitrogens with zero attached hydrogens (tertiary/aromatic N) is 4. The summed E-state index contributed by atoms with van der Waals surface area (Å²) in [5.74, 6) is -0.990. The molecule has 0 radical (unpaired) electrons. The van der Waals surface area contributed by atoms with E-state index in [9.17, 15) is 18.3 Å². The van der Waals surface area contributed by atoms with E-state index < -0.39 is 22.5 Å². The molecule has 0 aliphatic heterocycles. The Morgan fingerprint density at radius 1 is 1.03 bits per heavy atom. The summed E-state index contributed by atoms with van der Waals surface area (Å²) in [4.78, 5) is 12.8. The van der Waals surface area contributed by atoms with E-state index in [1.807, 2.05) is 13.0 Å². The van der Waals surface area contributed by atoms with E-state index >= 15 is 0 Å². The number of fused-ring (bicyclic) bond motifs is 1. The van der Waals surface area contributed by atoms with Crippen LogP contribution in [0.2, 0.25) is 5.02 Å². The summed E-state index contributed by atoms with van der Waals surface area (Å²) in [7, 11) is -2.48. The van der Waals surface area contributed by atoms with Gasteiger partial charge in [0, 0.05) is 12.4 Å². The Morgan fingerprint density at radius 3 is 2.38 bits per heavy atom. The first kappa shape index (κ1) is 23.5. The number of carbonyl (C=O) groups excluding carboxylic acids is 1. The molecule has 0 aliphatic rings. The second kappa shape index (κ2) is 9.28. The molecule has 174 valence electrons. The second-order valence-electron chi connectivity index (χ2n) is 7.62. The fourth-order valence-corrected chi connectivity index (χ4v) is 5.23. The number of azo groups is 1. The Hall–Kier alpha value is -3.69. The van der Waals surface area contributed by atoms with Crippen LogP contribution in [0.4, 0.5) is 11.4 Å². The number of aryl methyl sites for hydroxylation is 2. The normalized spacial score (nSPS) is 11.9. The van der Waals surface area contributed by atoms with Crippen molar-refractivity contribution in [3.05, 3.63) is 83.4 Å². The lowest BCUT2D eigenvalue weighted by molar-refractivity contribution is -0.116. The lowest BCUT2D eigenvalue weighted by Gasteiger charge is -2.24. The Labute approximate surface area is 201 Å². The predicted octanol–water partition coefficient (Wildman–Crippen LogP) is 5.35. The van der Waals surface area contributed by atoms with Crippen LogP contribution >= 0.6 is 11.6 Å². The molecule has 1 amide bonds. The highest BCUT2D eigenvalue weighted by atomic mass is 35.5. The van der Waals surface area contributed by atoms with Gasteiger partial charge in [0.05, 0.1) is 21.1 Å². The van der Waals surface area contributed by atoms with Crippen molar-refractivity contribution >= 4 is 49.8 Å². The van der Waals surface area contributed by atoms with Gasteiger partial charge in [-0.15, -0.1) is 10.2 Å². The van der Waals surface area contributed by atoms with Crippen molar-refractivity contribution in [3.63, 3.8) is 0 Å². The van der Waals surface area contributed by atoms with Crippen molar-refractivity contribution in [2.75, 3.05) is 10.8 Å². The molecule has 4 aromatic rings. The van der Waals surface area contributed by atoms with Crippen molar-refractivity contribution in [3.8, 4) is 5.88 Å². The number of aromatic nitrogens is 1. The molecule has 0 bridgehead atoms. The van der Waals surface area contributed by atoms with E-state index in [4.69, 9.17) is 11.6 Å². The average Bonchev–Trinajstić information content (AvgIpc) is 3.06. The van der Waals surface area contributed by atoms with Gasteiger partial charge in [-0.25, -0.2) is 8.42 Å². The molecule has 0 spiro atoms. The Bertz CT molecular complexity index is 1510. The molecule has 34 heavy (non-hydrogen) atoms. The highest BCUT2D eigenvalue weighted by molar-refractivity contribution is 7.92. The Kier molecular flexibility index (Phi) is 6.41. The summed E-state index contributed by atoms with van der Waals surface area (Å²) < 4.78 is 29.3. The number of hydrogen-bond acceptors (Lipinski definition) is 5. The average molecular weight is 497 g/mol. The van der Waals surface area contributed by atoms with Crippen LogP contribution in [0.1, 0.15) is 5.56 Å². The molecule has 0 atom stereocenters. The van der Waals surface area contributed by atoms with Gasteiger partial charge in [0.1, 0.15) is 6.54 Å². The Morgan fingerprint density at radius 2 is 1.68 bits per heavy atom. The largest absolute Gasteiger partial charge is 0.493 e. The van der Waals surface area contributed by atoms with Gasteiger partial charge in [-0.3, -0.25) is 9.10 Å². The van der Waals surface area contributed by atoms with Crippen molar-refractivity contribution in [1.82, 2.24) is 4.57 Å². The van der Waals surface area contributed by atoms with E-state index in [-0.39, 0.29) is 27.2 Å². The van der Waals surface area contributed by atoms with Crippen LogP contribution in [-0.4, -0.2) is 30.5 Å². The number of rotatable bonds is 6. The standard InChI is InChI=1S/C24H21ClN4O4S/c1-16-11-13-17(14-12-16)34(32,33)29(21-10-6-4-8-19(21)25)15-22(30)26-27-23-18-7-3-5-9-20(18)28(2)24(23)31/h3-14,31H,15H2,1-2H3. The van der Waals surface area contributed by atoms with E-state index in [0.717, 1.165) is 9.87 Å². The van der Waals surface area contributed by atoms with Crippen molar-refractivity contribution in [1.29, 1.82) is 0 Å². The number of halogens is 1. The number of carbonyl (C=O) groups is 1. The Balaban J connectivity index is 1.70. The minimum Gasteiger partial charge on any atom is -0.493 e. The van der Waals surface area contributed by atoms with Gasteiger partial charge in [-0.05, 0) is 37.3 Å². The third-order valence-electron chi connectivity index (χ3n) is 5.32. The zero-order valence-electron chi connectivity index (χ0n) is 18.4. The number of para-hydroxylation sites is 2. The van der Waals surface area contributed by atoms with Gasteiger partial charge >= 0.3 is 0 Å². The number of hydrogen-bond donors (Lipinski definition) is 1. The minimum absolute atomic E-state index is 0.00876. The van der Waals surface area contributed by atoms with Gasteiger partial charge in [0.15, 0.2) is 5.69 Å². The van der Waals surface area contributed by atoms with Crippen LogP contribution < -0.4 is 4.31 Å². The van der Waals surface area contributed by atoms with E-state index in [0.29, 0.717) is 10.9 Å². The number of benzene rings is 3. The zero-order chi connectivity index (χ0) is 24.5. The van der Waals surface area contributed by atoms with Gasteiger partial charge in [-0.2, -0.15) is 0 Å². The number of amides is 1. The first-order valence-corrected chi connectivity index (χ1v) is 12.1. The molecule has 0 saturated carbocycles. The molecule has 10 heteroatoms. The second-order valence-corrected chi connectivity index (χ2v) is 9.89. The highest BCUT2D eigenvalue weighted by Crippen LogP contribution is 2.38. The molecule has 4 rings (SSSR count). The summed E-state index contributed by atoms with van der Waals surface area (Å²) in [6.45, 7) is 1.21. The van der Waals surface area contributed by atoms with Gasteiger partial charge in [0.2, 0.25) is 5.88 Å². The molecule has 0 fully saturated rings. The van der Waals surface area contributed by atoms with Crippen molar-refractivity contribution < 1.29 is 18.3 Å². The summed E-state index contributed by atoms with van der Waals surface area (Å²) in [5.41, 5.74) is 1.86.